The van der Waals surface area contributed by atoms with Gasteiger partial charge in [0, 0.05) is 31.0 Å². The summed E-state index contributed by atoms with van der Waals surface area (Å²) >= 11 is 0. The molecule has 2 aromatic rings. The van der Waals surface area contributed by atoms with E-state index in [4.69, 9.17) is 14.2 Å². The minimum absolute atomic E-state index is 0.147. The van der Waals surface area contributed by atoms with E-state index in [1.54, 1.807) is 19.2 Å². The summed E-state index contributed by atoms with van der Waals surface area (Å²) in [4.78, 5) is 15.3. The fourth-order valence-electron chi connectivity index (χ4n) is 3.80. The van der Waals surface area contributed by atoms with Crippen molar-refractivity contribution < 1.29 is 19.0 Å². The molecule has 1 amide bonds. The Morgan fingerprint density at radius 2 is 1.75 bits per heavy atom. The predicted octanol–water partition coefficient (Wildman–Crippen LogP) is 2.62. The first-order chi connectivity index (χ1) is 13.6. The van der Waals surface area contributed by atoms with E-state index in [9.17, 15) is 4.79 Å². The number of ether oxygens (including phenoxy) is 3. The zero-order valence-electron chi connectivity index (χ0n) is 17.0. The Morgan fingerprint density at radius 1 is 1.11 bits per heavy atom. The summed E-state index contributed by atoms with van der Waals surface area (Å²) in [6.07, 6.45) is 4.43. The number of carbonyl (C=O) groups is 1. The first-order valence-electron chi connectivity index (χ1n) is 9.52. The highest BCUT2D eigenvalue weighted by Gasteiger charge is 2.26. The van der Waals surface area contributed by atoms with Gasteiger partial charge in [0.25, 0.3) is 5.91 Å². The van der Waals surface area contributed by atoms with E-state index in [-0.39, 0.29) is 11.9 Å². The molecule has 0 saturated carbocycles. The Balaban J connectivity index is 1.78. The van der Waals surface area contributed by atoms with Crippen LogP contribution in [0.1, 0.15) is 34.9 Å². The van der Waals surface area contributed by atoms with E-state index < -0.39 is 0 Å². The molecular formula is C21H29N3O4. The molecule has 1 fully saturated rings. The molecule has 152 valence electrons. The third-order valence-electron chi connectivity index (χ3n) is 5.29. The quantitative estimate of drug-likeness (QED) is 0.754. The van der Waals surface area contributed by atoms with Crippen LogP contribution < -0.4 is 19.5 Å². The number of benzene rings is 1. The number of nitrogens with one attached hydrogen (secondary N) is 1. The molecule has 1 aliphatic rings. The standard InChI is InChI=1S/C21H29N3O4/c1-23-9-7-8-16(23)17(24-10-5-6-11-24)14-22-21(25)15-12-18(26-2)20(28-4)19(13-15)27-3/h7-9,12-13,17H,5-6,10-11,14H2,1-4H3,(H,22,25)/t17-/m0/s1. The number of hydrogen-bond acceptors (Lipinski definition) is 5. The van der Waals surface area contributed by atoms with Crippen molar-refractivity contribution >= 4 is 5.91 Å². The van der Waals surface area contributed by atoms with Gasteiger partial charge < -0.3 is 24.1 Å². The third kappa shape index (κ3) is 4.09. The van der Waals surface area contributed by atoms with Gasteiger partial charge in [0.15, 0.2) is 11.5 Å². The number of amides is 1. The lowest BCUT2D eigenvalue weighted by molar-refractivity contribution is 0.0936. The van der Waals surface area contributed by atoms with Gasteiger partial charge >= 0.3 is 0 Å². The lowest BCUT2D eigenvalue weighted by Crippen LogP contribution is -2.37. The molecule has 0 spiro atoms. The molecule has 1 atom stereocenters. The normalized spacial score (nSPS) is 15.3. The number of methoxy groups -OCH3 is 3. The summed E-state index contributed by atoms with van der Waals surface area (Å²) in [7, 11) is 6.66. The second kappa shape index (κ2) is 9.01. The lowest BCUT2D eigenvalue weighted by Gasteiger charge is -2.28. The molecule has 1 N–H and O–H groups in total. The summed E-state index contributed by atoms with van der Waals surface area (Å²) in [5, 5.41) is 3.09. The van der Waals surface area contributed by atoms with Gasteiger partial charge in [-0.15, -0.1) is 0 Å². The smallest absolute Gasteiger partial charge is 0.251 e. The monoisotopic (exact) mass is 387 g/mol. The molecular weight excluding hydrogens is 358 g/mol. The van der Waals surface area contributed by atoms with Crippen LogP contribution in [0.25, 0.3) is 0 Å². The van der Waals surface area contributed by atoms with Crippen LogP contribution in [-0.4, -0.2) is 56.3 Å². The maximum Gasteiger partial charge on any atom is 0.251 e. The fraction of sp³-hybridized carbons (Fsp3) is 0.476. The van der Waals surface area contributed by atoms with Gasteiger partial charge in [0.2, 0.25) is 5.75 Å². The van der Waals surface area contributed by atoms with Gasteiger partial charge in [-0.25, -0.2) is 0 Å². The predicted molar refractivity (Wildman–Crippen MR) is 107 cm³/mol. The SMILES string of the molecule is COc1cc(C(=O)NC[C@@H](c2cccn2C)N2CCCC2)cc(OC)c1OC. The second-order valence-corrected chi connectivity index (χ2v) is 6.93. The molecule has 1 aliphatic heterocycles. The molecule has 7 nitrogen and oxygen atoms in total. The molecule has 0 aliphatic carbocycles. The zero-order chi connectivity index (χ0) is 20.1. The summed E-state index contributed by atoms with van der Waals surface area (Å²) < 4.78 is 18.2. The number of rotatable bonds is 8. The van der Waals surface area contributed by atoms with Crippen LogP contribution in [0.15, 0.2) is 30.5 Å². The molecule has 2 heterocycles. The highest BCUT2D eigenvalue weighted by Crippen LogP contribution is 2.38. The lowest BCUT2D eigenvalue weighted by atomic mass is 10.1. The highest BCUT2D eigenvalue weighted by atomic mass is 16.5. The number of nitrogens with zero attached hydrogens (tertiary/aromatic N) is 2. The Morgan fingerprint density at radius 3 is 2.25 bits per heavy atom. The molecule has 0 unspecified atom stereocenters. The van der Waals surface area contributed by atoms with Crippen LogP contribution in [0.5, 0.6) is 17.2 Å². The Kier molecular flexibility index (Phi) is 6.46. The van der Waals surface area contributed by atoms with E-state index in [1.165, 1.54) is 32.8 Å². The molecule has 28 heavy (non-hydrogen) atoms. The van der Waals surface area contributed by atoms with Gasteiger partial charge in [-0.3, -0.25) is 9.69 Å². The number of hydrogen-bond donors (Lipinski definition) is 1. The summed E-state index contributed by atoms with van der Waals surface area (Å²) in [6.45, 7) is 2.64. The second-order valence-electron chi connectivity index (χ2n) is 6.93. The maximum absolute atomic E-state index is 12.9. The minimum Gasteiger partial charge on any atom is -0.493 e. The van der Waals surface area contributed by atoms with Crippen molar-refractivity contribution in [3.63, 3.8) is 0 Å². The molecule has 0 radical (unpaired) electrons. The van der Waals surface area contributed by atoms with Gasteiger partial charge in [0.1, 0.15) is 0 Å². The topological polar surface area (TPSA) is 65.0 Å². The fourth-order valence-corrected chi connectivity index (χ4v) is 3.80. The average Bonchev–Trinajstić information content (AvgIpc) is 3.39. The van der Waals surface area contributed by atoms with Crippen LogP contribution >= 0.6 is 0 Å². The van der Waals surface area contributed by atoms with Crippen molar-refractivity contribution in [2.45, 2.75) is 18.9 Å². The van der Waals surface area contributed by atoms with Crippen LogP contribution in [0.2, 0.25) is 0 Å². The Hall–Kier alpha value is -2.67. The van der Waals surface area contributed by atoms with E-state index in [2.05, 4.69) is 20.9 Å². The van der Waals surface area contributed by atoms with E-state index in [0.29, 0.717) is 29.4 Å². The highest BCUT2D eigenvalue weighted by molar-refractivity contribution is 5.95. The first-order valence-corrected chi connectivity index (χ1v) is 9.52. The largest absolute Gasteiger partial charge is 0.493 e. The minimum atomic E-state index is -0.169. The van der Waals surface area contributed by atoms with Crippen LogP contribution in [0, 0.1) is 0 Å². The van der Waals surface area contributed by atoms with Crippen molar-refractivity contribution in [3.8, 4) is 17.2 Å². The molecule has 3 rings (SSSR count). The molecule has 0 bridgehead atoms. The maximum atomic E-state index is 12.9. The molecule has 1 saturated heterocycles. The van der Waals surface area contributed by atoms with Crippen molar-refractivity contribution in [3.05, 3.63) is 41.7 Å². The van der Waals surface area contributed by atoms with Gasteiger partial charge in [0.05, 0.1) is 27.4 Å². The average molecular weight is 387 g/mol. The molecule has 1 aromatic heterocycles. The van der Waals surface area contributed by atoms with E-state index in [0.717, 1.165) is 13.1 Å². The zero-order valence-corrected chi connectivity index (χ0v) is 17.0. The Bertz CT molecular complexity index is 787. The number of likely N-dealkylation sites (tertiary alicyclic amines) is 1. The van der Waals surface area contributed by atoms with Gasteiger partial charge in [-0.2, -0.15) is 0 Å². The van der Waals surface area contributed by atoms with Crippen LogP contribution in [0.4, 0.5) is 0 Å². The number of carbonyl (C=O) groups excluding carboxylic acids is 1. The van der Waals surface area contributed by atoms with Gasteiger partial charge in [-0.05, 0) is 50.2 Å². The van der Waals surface area contributed by atoms with E-state index in [1.807, 2.05) is 19.3 Å². The summed E-state index contributed by atoms with van der Waals surface area (Å²) in [6, 6.07) is 7.65. The van der Waals surface area contributed by atoms with Crippen molar-refractivity contribution in [1.82, 2.24) is 14.8 Å². The number of aryl methyl sites for hydroxylation is 1. The summed E-state index contributed by atoms with van der Waals surface area (Å²) in [5.41, 5.74) is 1.67. The van der Waals surface area contributed by atoms with E-state index >= 15 is 0 Å². The first kappa shape index (κ1) is 20.1. The number of aromatic nitrogens is 1. The van der Waals surface area contributed by atoms with Crippen molar-refractivity contribution in [2.24, 2.45) is 7.05 Å². The molecule has 1 aromatic carbocycles. The molecule has 7 heteroatoms. The Labute approximate surface area is 166 Å². The van der Waals surface area contributed by atoms with Gasteiger partial charge in [-0.1, -0.05) is 0 Å². The van der Waals surface area contributed by atoms with Crippen molar-refractivity contribution in [2.75, 3.05) is 41.0 Å². The van der Waals surface area contributed by atoms with Crippen molar-refractivity contribution in [1.29, 1.82) is 0 Å². The van der Waals surface area contributed by atoms with Crippen LogP contribution in [0.3, 0.4) is 0 Å². The third-order valence-corrected chi connectivity index (χ3v) is 5.29. The summed E-state index contributed by atoms with van der Waals surface area (Å²) in [5.74, 6) is 1.23. The van der Waals surface area contributed by atoms with Crippen LogP contribution in [-0.2, 0) is 7.05 Å².